The van der Waals surface area contributed by atoms with Gasteiger partial charge < -0.3 is 20.1 Å². The number of hydrogen-bond donors (Lipinski definition) is 2. The molecule has 5 heteroatoms. The normalized spacial score (nSPS) is 19.2. The lowest BCUT2D eigenvalue weighted by molar-refractivity contribution is 0.126. The average molecular weight is 334 g/mol. The predicted octanol–water partition coefficient (Wildman–Crippen LogP) is 3.34. The third-order valence-electron chi connectivity index (χ3n) is 4.58. The fourth-order valence-corrected chi connectivity index (χ4v) is 3.47. The van der Waals surface area contributed by atoms with E-state index in [0.717, 1.165) is 30.7 Å². The van der Waals surface area contributed by atoms with Crippen LogP contribution in [-0.2, 0) is 0 Å². The number of hydrogen-bond acceptors (Lipinski definition) is 3. The molecule has 2 atom stereocenters. The first-order valence-corrected chi connectivity index (χ1v) is 8.69. The first-order valence-electron chi connectivity index (χ1n) is 8.69. The second kappa shape index (κ2) is 7.88. The Kier molecular flexibility index (Phi) is 6.10. The van der Waals surface area contributed by atoms with Crippen molar-refractivity contribution >= 4 is 6.03 Å². The molecule has 24 heavy (non-hydrogen) atoms. The predicted molar refractivity (Wildman–Crippen MR) is 95.2 cm³/mol. The standard InChI is InChI=1S/C19H30N2O3/c1-14(22)12-19(2,3)13-20-18(23)21-11-5-6-17(21)15-7-9-16(24-4)10-8-15/h7-10,14,17,22H,5-6,11-13H2,1-4H3,(H,20,23). The highest BCUT2D eigenvalue weighted by Crippen LogP contribution is 2.33. The van der Waals surface area contributed by atoms with E-state index in [4.69, 9.17) is 4.74 Å². The Morgan fingerprint density at radius 1 is 1.42 bits per heavy atom. The Balaban J connectivity index is 1.97. The summed E-state index contributed by atoms with van der Waals surface area (Å²) in [7, 11) is 1.65. The summed E-state index contributed by atoms with van der Waals surface area (Å²) in [5, 5.41) is 12.6. The van der Waals surface area contributed by atoms with Crippen molar-refractivity contribution in [3.8, 4) is 5.75 Å². The average Bonchev–Trinajstić information content (AvgIpc) is 3.01. The Morgan fingerprint density at radius 3 is 2.67 bits per heavy atom. The van der Waals surface area contributed by atoms with E-state index in [1.165, 1.54) is 0 Å². The molecule has 0 saturated carbocycles. The third kappa shape index (κ3) is 4.87. The van der Waals surface area contributed by atoms with Crippen LogP contribution in [0, 0.1) is 5.41 Å². The van der Waals surface area contributed by atoms with E-state index >= 15 is 0 Å². The molecule has 0 aromatic heterocycles. The molecule has 1 fully saturated rings. The van der Waals surface area contributed by atoms with E-state index in [0.29, 0.717) is 13.0 Å². The highest BCUT2D eigenvalue weighted by Gasteiger charge is 2.31. The number of methoxy groups -OCH3 is 1. The number of aliphatic hydroxyl groups is 1. The molecule has 1 aliphatic heterocycles. The van der Waals surface area contributed by atoms with Gasteiger partial charge in [0.05, 0.1) is 19.3 Å². The van der Waals surface area contributed by atoms with Crippen molar-refractivity contribution in [2.45, 2.75) is 52.2 Å². The maximum Gasteiger partial charge on any atom is 0.317 e. The number of nitrogens with zero attached hydrogens (tertiary/aromatic N) is 1. The summed E-state index contributed by atoms with van der Waals surface area (Å²) in [6.45, 7) is 7.24. The Labute approximate surface area is 145 Å². The van der Waals surface area contributed by atoms with Gasteiger partial charge in [-0.3, -0.25) is 0 Å². The Hall–Kier alpha value is -1.75. The topological polar surface area (TPSA) is 61.8 Å². The molecule has 2 unspecified atom stereocenters. The van der Waals surface area contributed by atoms with Crippen LogP contribution in [0.4, 0.5) is 4.79 Å². The third-order valence-corrected chi connectivity index (χ3v) is 4.58. The Morgan fingerprint density at radius 2 is 2.08 bits per heavy atom. The van der Waals surface area contributed by atoms with E-state index in [1.807, 2.05) is 29.2 Å². The van der Waals surface area contributed by atoms with E-state index in [2.05, 4.69) is 19.2 Å². The molecule has 134 valence electrons. The van der Waals surface area contributed by atoms with E-state index in [1.54, 1.807) is 14.0 Å². The second-order valence-electron chi connectivity index (χ2n) is 7.50. The summed E-state index contributed by atoms with van der Waals surface area (Å²) in [4.78, 5) is 14.5. The van der Waals surface area contributed by atoms with Gasteiger partial charge in [-0.25, -0.2) is 4.79 Å². The number of benzene rings is 1. The number of carbonyl (C=O) groups is 1. The summed E-state index contributed by atoms with van der Waals surface area (Å²) in [6, 6.07) is 8.05. The molecular weight excluding hydrogens is 304 g/mol. The van der Waals surface area contributed by atoms with Crippen molar-refractivity contribution in [2.75, 3.05) is 20.2 Å². The lowest BCUT2D eigenvalue weighted by atomic mass is 9.87. The van der Waals surface area contributed by atoms with Gasteiger partial charge in [0, 0.05) is 13.1 Å². The minimum absolute atomic E-state index is 0.0213. The van der Waals surface area contributed by atoms with Gasteiger partial charge in [0.1, 0.15) is 5.75 Å². The van der Waals surface area contributed by atoms with Crippen LogP contribution in [0.5, 0.6) is 5.75 Å². The molecule has 1 aliphatic rings. The first-order chi connectivity index (χ1) is 11.3. The molecule has 5 nitrogen and oxygen atoms in total. The first kappa shape index (κ1) is 18.6. The van der Waals surface area contributed by atoms with Crippen molar-refractivity contribution in [2.24, 2.45) is 5.41 Å². The number of urea groups is 1. The number of rotatable bonds is 6. The van der Waals surface area contributed by atoms with Crippen LogP contribution in [0.25, 0.3) is 0 Å². The molecule has 1 heterocycles. The van der Waals surface area contributed by atoms with Gasteiger partial charge in [-0.1, -0.05) is 26.0 Å². The molecule has 1 aromatic rings. The molecule has 2 amide bonds. The van der Waals surface area contributed by atoms with E-state index < -0.39 is 0 Å². The van der Waals surface area contributed by atoms with Gasteiger partial charge in [-0.2, -0.15) is 0 Å². The number of nitrogens with one attached hydrogen (secondary N) is 1. The van der Waals surface area contributed by atoms with Crippen LogP contribution < -0.4 is 10.1 Å². The van der Waals surface area contributed by atoms with Crippen LogP contribution in [0.3, 0.4) is 0 Å². The van der Waals surface area contributed by atoms with E-state index in [9.17, 15) is 9.90 Å². The maximum atomic E-state index is 12.6. The summed E-state index contributed by atoms with van der Waals surface area (Å²) in [5.74, 6) is 0.827. The van der Waals surface area contributed by atoms with Crippen LogP contribution in [-0.4, -0.2) is 42.3 Å². The SMILES string of the molecule is COc1ccc(C2CCCN2C(=O)NCC(C)(C)CC(C)O)cc1. The second-order valence-corrected chi connectivity index (χ2v) is 7.50. The number of amides is 2. The lowest BCUT2D eigenvalue weighted by Crippen LogP contribution is -2.43. The lowest BCUT2D eigenvalue weighted by Gasteiger charge is -2.30. The number of aliphatic hydroxyl groups excluding tert-OH is 1. The molecule has 0 bridgehead atoms. The van der Waals surface area contributed by atoms with Crippen LogP contribution in [0.1, 0.15) is 51.6 Å². The molecule has 1 saturated heterocycles. The monoisotopic (exact) mass is 334 g/mol. The van der Waals surface area contributed by atoms with Gasteiger partial charge in [0.15, 0.2) is 0 Å². The summed E-state index contributed by atoms with van der Waals surface area (Å²) in [6.07, 6.45) is 2.29. The van der Waals surface area contributed by atoms with Crippen molar-refractivity contribution in [1.82, 2.24) is 10.2 Å². The Bertz CT molecular complexity index is 540. The quantitative estimate of drug-likeness (QED) is 0.839. The molecule has 2 rings (SSSR count). The zero-order valence-electron chi connectivity index (χ0n) is 15.2. The minimum atomic E-state index is -0.365. The summed E-state index contributed by atoms with van der Waals surface area (Å²) >= 11 is 0. The number of carbonyl (C=O) groups excluding carboxylic acids is 1. The summed E-state index contributed by atoms with van der Waals surface area (Å²) < 4.78 is 5.20. The van der Waals surface area contributed by atoms with Gasteiger partial charge in [-0.15, -0.1) is 0 Å². The van der Waals surface area contributed by atoms with Crippen LogP contribution in [0.15, 0.2) is 24.3 Å². The van der Waals surface area contributed by atoms with Crippen molar-refractivity contribution in [3.63, 3.8) is 0 Å². The van der Waals surface area contributed by atoms with Crippen LogP contribution >= 0.6 is 0 Å². The van der Waals surface area contributed by atoms with Crippen molar-refractivity contribution in [3.05, 3.63) is 29.8 Å². The van der Waals surface area contributed by atoms with Gasteiger partial charge in [-0.05, 0) is 49.3 Å². The summed E-state index contributed by atoms with van der Waals surface area (Å²) in [5.41, 5.74) is 1.02. The largest absolute Gasteiger partial charge is 0.497 e. The van der Waals surface area contributed by atoms with E-state index in [-0.39, 0.29) is 23.6 Å². The number of ether oxygens (including phenoxy) is 1. The minimum Gasteiger partial charge on any atom is -0.497 e. The molecule has 0 spiro atoms. The fraction of sp³-hybridized carbons (Fsp3) is 0.632. The molecular formula is C19H30N2O3. The highest BCUT2D eigenvalue weighted by atomic mass is 16.5. The highest BCUT2D eigenvalue weighted by molar-refractivity contribution is 5.75. The van der Waals surface area contributed by atoms with Gasteiger partial charge in [0.2, 0.25) is 0 Å². The molecule has 2 N–H and O–H groups in total. The molecule has 0 aliphatic carbocycles. The van der Waals surface area contributed by atoms with Crippen molar-refractivity contribution < 1.29 is 14.6 Å². The fourth-order valence-electron chi connectivity index (χ4n) is 3.47. The molecule has 0 radical (unpaired) electrons. The van der Waals surface area contributed by atoms with Gasteiger partial charge in [0.25, 0.3) is 0 Å². The zero-order chi connectivity index (χ0) is 17.7. The van der Waals surface area contributed by atoms with Gasteiger partial charge >= 0.3 is 6.03 Å². The maximum absolute atomic E-state index is 12.6. The zero-order valence-corrected chi connectivity index (χ0v) is 15.2. The smallest absolute Gasteiger partial charge is 0.317 e. The van der Waals surface area contributed by atoms with Crippen molar-refractivity contribution in [1.29, 1.82) is 0 Å². The number of likely N-dealkylation sites (tertiary alicyclic amines) is 1. The molecule has 1 aromatic carbocycles. The van der Waals surface area contributed by atoms with Crippen LogP contribution in [0.2, 0.25) is 0 Å².